The predicted octanol–water partition coefficient (Wildman–Crippen LogP) is 8.87. The molecule has 0 bridgehead atoms. The Morgan fingerprint density at radius 2 is 1.24 bits per heavy atom. The predicted molar refractivity (Wildman–Crippen MR) is 195 cm³/mol. The minimum Gasteiger partial charge on any atom is -0.507 e. The molecule has 3 aromatic carbocycles. The zero-order chi connectivity index (χ0) is 34.8. The molecule has 9 heteroatoms. The van der Waals surface area contributed by atoms with E-state index in [0.717, 1.165) is 36.7 Å². The first-order chi connectivity index (χ1) is 23.7. The fourth-order valence-electron chi connectivity index (χ4n) is 6.18. The molecular formula is C40H44N2O6S. The first kappa shape index (κ1) is 35.4. The third kappa shape index (κ3) is 8.78. The lowest BCUT2D eigenvalue weighted by atomic mass is 9.79. The Labute approximate surface area is 289 Å². The number of nitrogens with zero attached hydrogens (tertiary/aromatic N) is 1. The molecule has 0 heterocycles. The van der Waals surface area contributed by atoms with E-state index in [4.69, 9.17) is 0 Å². The smallest absolute Gasteiger partial charge is 0.232 e. The number of nitrogens with one attached hydrogen (secondary N) is 1. The van der Waals surface area contributed by atoms with Crippen LogP contribution < -0.4 is 9.62 Å². The van der Waals surface area contributed by atoms with Crippen molar-refractivity contribution < 1.29 is 28.2 Å². The van der Waals surface area contributed by atoms with Crippen molar-refractivity contribution in [2.75, 3.05) is 10.7 Å². The van der Waals surface area contributed by atoms with Gasteiger partial charge in [0.15, 0.2) is 5.78 Å². The Balaban J connectivity index is 1.22. The topological polar surface area (TPSA) is 124 Å². The van der Waals surface area contributed by atoms with Crippen LogP contribution in [0, 0.1) is 0 Å². The maximum Gasteiger partial charge on any atom is 0.232 e. The van der Waals surface area contributed by atoms with Gasteiger partial charge < -0.3 is 15.1 Å². The Kier molecular flexibility index (Phi) is 11.9. The summed E-state index contributed by atoms with van der Waals surface area (Å²) in [5.74, 6) is -1.84. The molecule has 0 aromatic heterocycles. The second-order valence-corrected chi connectivity index (χ2v) is 14.3. The number of para-hydroxylation sites is 2. The summed E-state index contributed by atoms with van der Waals surface area (Å²) in [5, 5.41) is 22.0. The highest BCUT2D eigenvalue weighted by atomic mass is 32.2. The summed E-state index contributed by atoms with van der Waals surface area (Å²) in [6.07, 6.45) is 14.8. The van der Waals surface area contributed by atoms with E-state index in [1.807, 2.05) is 65.6 Å². The normalized spacial score (nSPS) is 16.1. The molecule has 2 aliphatic carbocycles. The van der Waals surface area contributed by atoms with Gasteiger partial charge in [-0.3, -0.25) is 14.3 Å². The second-order valence-electron chi connectivity index (χ2n) is 12.4. The van der Waals surface area contributed by atoms with Crippen molar-refractivity contribution >= 4 is 44.2 Å². The van der Waals surface area contributed by atoms with Crippen molar-refractivity contribution in [1.82, 2.24) is 4.72 Å². The first-order valence-electron chi connectivity index (χ1n) is 17.1. The second kappa shape index (κ2) is 16.5. The number of allylic oxidation sites excluding steroid dienone is 6. The number of aliphatic hydroxyl groups excluding tert-OH is 1. The highest BCUT2D eigenvalue weighted by Gasteiger charge is 2.39. The van der Waals surface area contributed by atoms with Gasteiger partial charge in [-0.15, -0.1) is 0 Å². The van der Waals surface area contributed by atoms with Crippen LogP contribution in [0.25, 0.3) is 5.57 Å². The van der Waals surface area contributed by atoms with Crippen molar-refractivity contribution in [3.8, 4) is 5.75 Å². The van der Waals surface area contributed by atoms with Crippen molar-refractivity contribution in [3.63, 3.8) is 0 Å². The maximum atomic E-state index is 13.3. The summed E-state index contributed by atoms with van der Waals surface area (Å²) in [6, 6.07) is 24.1. The summed E-state index contributed by atoms with van der Waals surface area (Å²) in [6.45, 7) is 2.20. The Morgan fingerprint density at radius 3 is 1.78 bits per heavy atom. The summed E-state index contributed by atoms with van der Waals surface area (Å²) in [4.78, 5) is 28.2. The van der Waals surface area contributed by atoms with E-state index in [2.05, 4.69) is 11.6 Å². The number of carbonyl (C=O) groups is 2. The Hall–Kier alpha value is -4.89. The van der Waals surface area contributed by atoms with Crippen LogP contribution in [0.1, 0.15) is 76.7 Å². The molecule has 49 heavy (non-hydrogen) atoms. The molecular weight excluding hydrogens is 637 g/mol. The number of phenols is 1. The highest BCUT2D eigenvalue weighted by Crippen LogP contribution is 2.44. The average Bonchev–Trinajstić information content (AvgIpc) is 3.09. The van der Waals surface area contributed by atoms with Gasteiger partial charge in [0.2, 0.25) is 15.8 Å². The maximum absolute atomic E-state index is 13.3. The van der Waals surface area contributed by atoms with Gasteiger partial charge in [-0.2, -0.15) is 0 Å². The Bertz CT molecular complexity index is 1850. The molecule has 3 N–H and O–H groups in total. The van der Waals surface area contributed by atoms with Crippen LogP contribution in [0.2, 0.25) is 0 Å². The van der Waals surface area contributed by atoms with Crippen LogP contribution in [0.5, 0.6) is 5.75 Å². The standard InChI is InChI=1S/C40H44N2O6S/c1-2-3-4-5-6-7-8-9-10-17-26-49(47,48)41-29-22-24-33(35(43)27-29)37-39(45)38(40(37)46)34-25-23-32(28-36(34)44)42(30-18-13-11-14-19-30)31-20-15-12-16-21-31/h11-16,18-25,27-28,41,44-45H,2-10,17,26H2,1H3/b37-33+. The molecule has 0 unspecified atom stereocenters. The number of unbranched alkanes of at least 4 members (excludes halogenated alkanes) is 9. The molecule has 0 spiro atoms. The molecule has 0 radical (unpaired) electrons. The largest absolute Gasteiger partial charge is 0.507 e. The van der Waals surface area contributed by atoms with Gasteiger partial charge in [-0.05, 0) is 55.0 Å². The van der Waals surface area contributed by atoms with Crippen molar-refractivity contribution in [3.05, 3.63) is 125 Å². The molecule has 0 saturated heterocycles. The van der Waals surface area contributed by atoms with Gasteiger partial charge in [0, 0.05) is 40.3 Å². The van der Waals surface area contributed by atoms with Gasteiger partial charge in [0.1, 0.15) is 11.5 Å². The number of hydrogen-bond acceptors (Lipinski definition) is 7. The van der Waals surface area contributed by atoms with Gasteiger partial charge in [-0.1, -0.05) is 101 Å². The van der Waals surface area contributed by atoms with Gasteiger partial charge in [-0.25, -0.2) is 8.42 Å². The number of aliphatic hydroxyl groups is 1. The molecule has 8 nitrogen and oxygen atoms in total. The van der Waals surface area contributed by atoms with E-state index < -0.39 is 27.3 Å². The number of ketones is 2. The average molecular weight is 681 g/mol. The van der Waals surface area contributed by atoms with Crippen molar-refractivity contribution in [2.45, 2.75) is 71.1 Å². The zero-order valence-electron chi connectivity index (χ0n) is 27.9. The number of anilines is 3. The van der Waals surface area contributed by atoms with Gasteiger partial charge >= 0.3 is 0 Å². The van der Waals surface area contributed by atoms with E-state index in [9.17, 15) is 28.2 Å². The lowest BCUT2D eigenvalue weighted by Crippen LogP contribution is -2.28. The minimum absolute atomic E-state index is 0.0423. The summed E-state index contributed by atoms with van der Waals surface area (Å²) < 4.78 is 27.8. The minimum atomic E-state index is -3.65. The Morgan fingerprint density at radius 1 is 0.673 bits per heavy atom. The van der Waals surface area contributed by atoms with Crippen LogP contribution in [-0.4, -0.2) is 36.0 Å². The van der Waals surface area contributed by atoms with Gasteiger partial charge in [0.25, 0.3) is 0 Å². The first-order valence-corrected chi connectivity index (χ1v) is 18.8. The molecule has 0 saturated carbocycles. The van der Waals surface area contributed by atoms with Crippen LogP contribution in [0.15, 0.2) is 120 Å². The molecule has 0 fully saturated rings. The molecule has 0 aliphatic heterocycles. The molecule has 5 rings (SSSR count). The summed E-state index contributed by atoms with van der Waals surface area (Å²) in [7, 11) is -3.65. The summed E-state index contributed by atoms with van der Waals surface area (Å²) >= 11 is 0. The van der Waals surface area contributed by atoms with Crippen molar-refractivity contribution in [2.24, 2.45) is 0 Å². The molecule has 256 valence electrons. The number of Topliss-reactive ketones (excluding diaryl/α,β-unsaturated/α-hetero) is 1. The summed E-state index contributed by atoms with van der Waals surface area (Å²) in [5.41, 5.74) is 2.31. The molecule has 0 amide bonds. The van der Waals surface area contributed by atoms with Crippen LogP contribution in [-0.2, 0) is 19.6 Å². The lowest BCUT2D eigenvalue weighted by Gasteiger charge is -2.27. The number of hydrogen-bond donors (Lipinski definition) is 3. The van der Waals surface area contributed by atoms with Gasteiger partial charge in [0.05, 0.1) is 22.6 Å². The fraction of sp³-hybridized carbons (Fsp3) is 0.300. The van der Waals surface area contributed by atoms with Crippen LogP contribution in [0.3, 0.4) is 0 Å². The molecule has 2 aliphatic rings. The van der Waals surface area contributed by atoms with Crippen molar-refractivity contribution in [1.29, 1.82) is 0 Å². The number of benzene rings is 3. The number of phenolic OH excluding ortho intramolecular Hbond substituents is 1. The monoisotopic (exact) mass is 680 g/mol. The lowest BCUT2D eigenvalue weighted by molar-refractivity contribution is -0.114. The number of sulfonamides is 1. The molecule has 0 atom stereocenters. The van der Waals surface area contributed by atoms with E-state index in [0.29, 0.717) is 12.1 Å². The van der Waals surface area contributed by atoms with E-state index >= 15 is 0 Å². The number of rotatable bonds is 17. The fourth-order valence-corrected chi connectivity index (χ4v) is 7.35. The third-order valence-corrected chi connectivity index (χ3v) is 10.1. The van der Waals surface area contributed by atoms with Crippen LogP contribution in [0.4, 0.5) is 17.1 Å². The quantitative estimate of drug-likeness (QED) is 0.0961. The van der Waals surface area contributed by atoms with E-state index in [1.54, 1.807) is 12.1 Å². The highest BCUT2D eigenvalue weighted by molar-refractivity contribution is 7.89. The van der Waals surface area contributed by atoms with Crippen LogP contribution >= 0.6 is 0 Å². The third-order valence-electron chi connectivity index (χ3n) is 8.76. The number of carbonyl (C=O) groups excluding carboxylic acids is 2. The number of aromatic hydroxyl groups is 1. The zero-order valence-corrected chi connectivity index (χ0v) is 28.7. The van der Waals surface area contributed by atoms with E-state index in [-0.39, 0.29) is 39.5 Å². The van der Waals surface area contributed by atoms with E-state index in [1.165, 1.54) is 56.7 Å². The molecule has 3 aromatic rings. The SMILES string of the molecule is CCCCCCCCCCCCS(=O)(=O)NC1=CC(=O)/C(=C2/C(=O)C(c3ccc(N(c4ccccc4)c4ccccc4)cc3O)=C2O)C=C1.